The Morgan fingerprint density at radius 3 is 2.61 bits per heavy atom. The zero-order valence-electron chi connectivity index (χ0n) is 15.2. The molecule has 4 aromatic rings. The van der Waals surface area contributed by atoms with E-state index in [0.717, 1.165) is 0 Å². The molecule has 2 heterocycles. The minimum absolute atomic E-state index is 0.154. The summed E-state index contributed by atoms with van der Waals surface area (Å²) in [5, 5.41) is 5.01. The third-order valence-electron chi connectivity index (χ3n) is 4.19. The maximum atomic E-state index is 14.9. The monoisotopic (exact) mass is 378 g/mol. The highest BCUT2D eigenvalue weighted by atomic mass is 19.1. The molecule has 0 fully saturated rings. The van der Waals surface area contributed by atoms with Gasteiger partial charge in [0.15, 0.2) is 5.65 Å². The van der Waals surface area contributed by atoms with E-state index < -0.39 is 5.82 Å². The Hall–Kier alpha value is -3.52. The molecule has 1 atom stereocenters. The van der Waals surface area contributed by atoms with Crippen LogP contribution < -0.4 is 16.2 Å². The number of hydrogen-bond donors (Lipinski definition) is 2. The fraction of sp³-hybridized carbons (Fsp3) is 0.150. The van der Waals surface area contributed by atoms with E-state index in [-0.39, 0.29) is 17.4 Å². The van der Waals surface area contributed by atoms with Gasteiger partial charge >= 0.3 is 0 Å². The van der Waals surface area contributed by atoms with E-state index in [0.29, 0.717) is 34.8 Å². The number of nitrogens with two attached hydrogens (primary N) is 2. The molecular formula is C20H19FN6O. The highest BCUT2D eigenvalue weighted by Crippen LogP contribution is 2.34. The number of ether oxygens (including phenoxy) is 1. The number of anilines is 1. The van der Waals surface area contributed by atoms with E-state index in [4.69, 9.17) is 16.2 Å². The second kappa shape index (κ2) is 7.24. The summed E-state index contributed by atoms with van der Waals surface area (Å²) in [6.45, 7) is 2.28. The van der Waals surface area contributed by atoms with Crippen LogP contribution in [0.15, 0.2) is 54.9 Å². The van der Waals surface area contributed by atoms with Crippen LogP contribution in [0.3, 0.4) is 0 Å². The fourth-order valence-corrected chi connectivity index (χ4v) is 2.99. The summed E-state index contributed by atoms with van der Waals surface area (Å²) in [6.07, 6.45) is 1.36. The SMILES string of the molecule is C[C@@H](N)Cn1nc(-c2ccc(Oc3ccccc3)cc2F)c2c(N)ncnc21. The van der Waals surface area contributed by atoms with Gasteiger partial charge in [-0.25, -0.2) is 19.0 Å². The Kier molecular flexibility index (Phi) is 4.62. The van der Waals surface area contributed by atoms with Gasteiger partial charge in [0, 0.05) is 17.7 Å². The van der Waals surface area contributed by atoms with Crippen LogP contribution in [0.25, 0.3) is 22.3 Å². The predicted octanol–water partition coefficient (Wildman–Crippen LogP) is 3.35. The van der Waals surface area contributed by atoms with Crippen molar-refractivity contribution >= 4 is 16.9 Å². The third-order valence-corrected chi connectivity index (χ3v) is 4.19. The van der Waals surface area contributed by atoms with Gasteiger partial charge in [0.1, 0.15) is 35.2 Å². The van der Waals surface area contributed by atoms with E-state index in [2.05, 4.69) is 15.1 Å². The van der Waals surface area contributed by atoms with Crippen LogP contribution in [0.4, 0.5) is 10.2 Å². The maximum Gasteiger partial charge on any atom is 0.164 e. The second-order valence-electron chi connectivity index (χ2n) is 6.52. The topological polar surface area (TPSA) is 105 Å². The standard InChI is InChI=1S/C20H19FN6O/c1-12(22)10-27-20-17(19(23)24-11-25-20)18(26-27)15-8-7-14(9-16(15)21)28-13-5-3-2-4-6-13/h2-9,11-12H,10,22H2,1H3,(H2,23,24,25)/t12-/m1/s1. The number of halogens is 1. The van der Waals surface area contributed by atoms with Gasteiger partial charge in [0.05, 0.1) is 11.9 Å². The summed E-state index contributed by atoms with van der Waals surface area (Å²) >= 11 is 0. The predicted molar refractivity (Wildman–Crippen MR) is 105 cm³/mol. The van der Waals surface area contributed by atoms with Crippen LogP contribution in [0, 0.1) is 5.82 Å². The lowest BCUT2D eigenvalue weighted by molar-refractivity contribution is 0.477. The minimum atomic E-state index is -0.482. The average molecular weight is 378 g/mol. The van der Waals surface area contributed by atoms with Crippen LogP contribution in [0.2, 0.25) is 0 Å². The van der Waals surface area contributed by atoms with Crippen molar-refractivity contribution in [3.05, 3.63) is 60.7 Å². The lowest BCUT2D eigenvalue weighted by atomic mass is 10.1. The molecule has 0 radical (unpaired) electrons. The molecule has 0 unspecified atom stereocenters. The van der Waals surface area contributed by atoms with Crippen LogP contribution >= 0.6 is 0 Å². The number of hydrogen-bond acceptors (Lipinski definition) is 6. The second-order valence-corrected chi connectivity index (χ2v) is 6.52. The zero-order valence-corrected chi connectivity index (χ0v) is 15.2. The lowest BCUT2D eigenvalue weighted by Gasteiger charge is -2.07. The van der Waals surface area contributed by atoms with Crippen LogP contribution in [0.1, 0.15) is 6.92 Å². The summed E-state index contributed by atoms with van der Waals surface area (Å²) in [7, 11) is 0. The minimum Gasteiger partial charge on any atom is -0.457 e. The number of nitrogens with zero attached hydrogens (tertiary/aromatic N) is 4. The quantitative estimate of drug-likeness (QED) is 0.552. The molecule has 7 nitrogen and oxygen atoms in total. The smallest absolute Gasteiger partial charge is 0.164 e. The Bertz CT molecular complexity index is 1130. The number of fused-ring (bicyclic) bond motifs is 1. The van der Waals surface area contributed by atoms with Gasteiger partial charge < -0.3 is 16.2 Å². The first-order valence-corrected chi connectivity index (χ1v) is 8.78. The first-order chi connectivity index (χ1) is 13.5. The normalized spacial score (nSPS) is 12.2. The zero-order chi connectivity index (χ0) is 19.7. The molecule has 0 aliphatic carbocycles. The lowest BCUT2D eigenvalue weighted by Crippen LogP contribution is -2.23. The number of aromatic nitrogens is 4. The molecule has 142 valence electrons. The molecule has 0 saturated heterocycles. The molecule has 0 saturated carbocycles. The molecule has 4 N–H and O–H groups in total. The third kappa shape index (κ3) is 3.37. The van der Waals surface area contributed by atoms with Crippen molar-refractivity contribution in [2.45, 2.75) is 19.5 Å². The van der Waals surface area contributed by atoms with Gasteiger partial charge in [0.2, 0.25) is 0 Å². The van der Waals surface area contributed by atoms with Crippen molar-refractivity contribution in [1.82, 2.24) is 19.7 Å². The highest BCUT2D eigenvalue weighted by molar-refractivity contribution is 5.98. The van der Waals surface area contributed by atoms with E-state index >= 15 is 0 Å². The fourth-order valence-electron chi connectivity index (χ4n) is 2.99. The van der Waals surface area contributed by atoms with E-state index in [1.165, 1.54) is 12.4 Å². The molecule has 8 heteroatoms. The van der Waals surface area contributed by atoms with Crippen molar-refractivity contribution in [3.63, 3.8) is 0 Å². The Morgan fingerprint density at radius 2 is 1.89 bits per heavy atom. The molecule has 28 heavy (non-hydrogen) atoms. The van der Waals surface area contributed by atoms with Crippen molar-refractivity contribution in [2.24, 2.45) is 5.73 Å². The summed E-state index contributed by atoms with van der Waals surface area (Å²) in [5.41, 5.74) is 13.1. The highest BCUT2D eigenvalue weighted by Gasteiger charge is 2.20. The van der Waals surface area contributed by atoms with Crippen molar-refractivity contribution in [3.8, 4) is 22.8 Å². The molecule has 0 amide bonds. The van der Waals surface area contributed by atoms with Gasteiger partial charge in [-0.1, -0.05) is 18.2 Å². The molecule has 0 bridgehead atoms. The number of nitrogen functional groups attached to an aromatic ring is 1. The summed E-state index contributed by atoms with van der Waals surface area (Å²) in [4.78, 5) is 8.27. The van der Waals surface area contributed by atoms with Crippen molar-refractivity contribution < 1.29 is 9.13 Å². The summed E-state index contributed by atoms with van der Waals surface area (Å²) in [5.74, 6) is 0.763. The summed E-state index contributed by atoms with van der Waals surface area (Å²) in [6, 6.07) is 13.6. The Balaban J connectivity index is 1.77. The van der Waals surface area contributed by atoms with Crippen LogP contribution in [0.5, 0.6) is 11.5 Å². The molecule has 0 spiro atoms. The number of rotatable bonds is 5. The van der Waals surface area contributed by atoms with E-state index in [9.17, 15) is 4.39 Å². The van der Waals surface area contributed by atoms with Crippen LogP contribution in [-0.2, 0) is 6.54 Å². The van der Waals surface area contributed by atoms with Crippen LogP contribution in [-0.4, -0.2) is 25.8 Å². The van der Waals surface area contributed by atoms with Gasteiger partial charge in [-0.2, -0.15) is 5.10 Å². The maximum absolute atomic E-state index is 14.9. The Labute approximate surface area is 160 Å². The molecule has 0 aliphatic heterocycles. The molecule has 2 aromatic heterocycles. The number of benzene rings is 2. The molecular weight excluding hydrogens is 359 g/mol. The molecule has 4 rings (SSSR count). The van der Waals surface area contributed by atoms with Crippen molar-refractivity contribution in [1.29, 1.82) is 0 Å². The molecule has 0 aliphatic rings. The molecule has 2 aromatic carbocycles. The first kappa shape index (κ1) is 17.9. The van der Waals surface area contributed by atoms with Gasteiger partial charge in [0.25, 0.3) is 0 Å². The van der Waals surface area contributed by atoms with Crippen molar-refractivity contribution in [2.75, 3.05) is 5.73 Å². The Morgan fingerprint density at radius 1 is 1.11 bits per heavy atom. The van der Waals surface area contributed by atoms with E-state index in [1.807, 2.05) is 25.1 Å². The van der Waals surface area contributed by atoms with Gasteiger partial charge in [-0.05, 0) is 31.2 Å². The van der Waals surface area contributed by atoms with E-state index in [1.54, 1.807) is 28.9 Å². The first-order valence-electron chi connectivity index (χ1n) is 8.78. The van der Waals surface area contributed by atoms with Gasteiger partial charge in [-0.15, -0.1) is 0 Å². The van der Waals surface area contributed by atoms with Gasteiger partial charge in [-0.3, -0.25) is 0 Å². The number of para-hydroxylation sites is 1. The summed E-state index contributed by atoms with van der Waals surface area (Å²) < 4.78 is 22.2. The largest absolute Gasteiger partial charge is 0.457 e. The average Bonchev–Trinajstić information content (AvgIpc) is 3.02.